The summed E-state index contributed by atoms with van der Waals surface area (Å²) in [6, 6.07) is 14.4. The van der Waals surface area contributed by atoms with Gasteiger partial charge >= 0.3 is 0 Å². The Morgan fingerprint density at radius 3 is 2.54 bits per heavy atom. The fraction of sp³-hybridized carbons (Fsp3) is 0.321. The Bertz CT molecular complexity index is 1370. The molecule has 1 aliphatic carbocycles. The largest absolute Gasteiger partial charge is 0.411 e. The normalized spacial score (nSPS) is 18.9. The quantitative estimate of drug-likeness (QED) is 0.238. The molecule has 0 aliphatic heterocycles. The van der Waals surface area contributed by atoms with Crippen molar-refractivity contribution in [3.8, 4) is 0 Å². The zero-order chi connectivity index (χ0) is 26.5. The summed E-state index contributed by atoms with van der Waals surface area (Å²) in [5.41, 5.74) is 1.81. The number of aromatic nitrogens is 1. The third-order valence-electron chi connectivity index (χ3n) is 6.89. The lowest BCUT2D eigenvalue weighted by Crippen LogP contribution is -2.38. The third kappa shape index (κ3) is 6.26. The molecule has 7 nitrogen and oxygen atoms in total. The number of nitrogens with zero attached hydrogens (tertiary/aromatic N) is 2. The molecule has 1 atom stereocenters. The number of halogens is 2. The summed E-state index contributed by atoms with van der Waals surface area (Å²) in [7, 11) is 1.60. The smallest absolute Gasteiger partial charge is 0.254 e. The van der Waals surface area contributed by atoms with Crippen LogP contribution in [0.3, 0.4) is 0 Å². The highest BCUT2D eigenvalue weighted by Crippen LogP contribution is 2.35. The fourth-order valence-electron chi connectivity index (χ4n) is 4.75. The molecular formula is C28H29ClFN3O4. The number of aryl methyl sites for hydroxylation is 1. The standard InChI is InChI=1S/C28H29ClFN3O4/c1-33-16-18(7-13-27(33)35)26(32-37)15-23(21-4-2-3-5-24(21)29)17-6-12-22(25(30)14-17)28(36)31-19-8-10-20(34)11-9-19/h2-7,12-14,16,19-20,23,34,37H,8-11,15H2,1H3,(H,31,36)/t19-,20-,23?. The van der Waals surface area contributed by atoms with Crippen LogP contribution in [0.2, 0.25) is 5.02 Å². The van der Waals surface area contributed by atoms with Crippen molar-refractivity contribution < 1.29 is 19.5 Å². The van der Waals surface area contributed by atoms with Crippen LogP contribution in [0.15, 0.2) is 70.7 Å². The van der Waals surface area contributed by atoms with Gasteiger partial charge < -0.3 is 20.2 Å². The number of hydrogen-bond acceptors (Lipinski definition) is 5. The SMILES string of the molecule is Cn1cc(C(CC(c2ccc(C(=O)N[C@H]3CC[C@H](O)CC3)c(F)c2)c2ccccc2Cl)=NO)ccc1=O. The summed E-state index contributed by atoms with van der Waals surface area (Å²) >= 11 is 6.50. The molecule has 1 amide bonds. The Balaban J connectivity index is 1.64. The Morgan fingerprint density at radius 2 is 1.89 bits per heavy atom. The number of aliphatic hydroxyl groups is 1. The first-order valence-electron chi connectivity index (χ1n) is 12.2. The van der Waals surface area contributed by atoms with Crippen molar-refractivity contribution in [1.82, 2.24) is 9.88 Å². The number of aliphatic hydroxyl groups excluding tert-OH is 1. The van der Waals surface area contributed by atoms with Crippen molar-refractivity contribution in [3.05, 3.63) is 104 Å². The highest BCUT2D eigenvalue weighted by molar-refractivity contribution is 6.31. The van der Waals surface area contributed by atoms with Crippen molar-refractivity contribution >= 4 is 23.2 Å². The van der Waals surface area contributed by atoms with Gasteiger partial charge in [-0.2, -0.15) is 0 Å². The summed E-state index contributed by atoms with van der Waals surface area (Å²) in [5, 5.41) is 26.3. The maximum atomic E-state index is 15.3. The van der Waals surface area contributed by atoms with Gasteiger partial charge in [-0.1, -0.05) is 41.0 Å². The Kier molecular flexibility index (Phi) is 8.41. The van der Waals surface area contributed by atoms with E-state index in [1.165, 1.54) is 22.8 Å². The number of rotatable bonds is 7. The lowest BCUT2D eigenvalue weighted by atomic mass is 9.85. The van der Waals surface area contributed by atoms with E-state index in [2.05, 4.69) is 10.5 Å². The molecule has 1 saturated carbocycles. The molecule has 3 aromatic rings. The number of carbonyl (C=O) groups excluding carboxylic acids is 1. The fourth-order valence-corrected chi connectivity index (χ4v) is 5.02. The molecule has 4 rings (SSSR count). The minimum absolute atomic E-state index is 0.0677. The number of pyridine rings is 1. The highest BCUT2D eigenvalue weighted by atomic mass is 35.5. The molecule has 1 aromatic heterocycles. The van der Waals surface area contributed by atoms with E-state index in [1.807, 2.05) is 12.1 Å². The molecule has 37 heavy (non-hydrogen) atoms. The van der Waals surface area contributed by atoms with Gasteiger partial charge in [-0.3, -0.25) is 9.59 Å². The molecule has 1 fully saturated rings. The van der Waals surface area contributed by atoms with Crippen LogP contribution < -0.4 is 10.9 Å². The predicted molar refractivity (Wildman–Crippen MR) is 140 cm³/mol. The number of carbonyl (C=O) groups is 1. The molecule has 0 spiro atoms. The van der Waals surface area contributed by atoms with E-state index in [4.69, 9.17) is 11.6 Å². The molecule has 3 N–H and O–H groups in total. The second kappa shape index (κ2) is 11.7. The highest BCUT2D eigenvalue weighted by Gasteiger charge is 2.25. The summed E-state index contributed by atoms with van der Waals surface area (Å²) in [6.45, 7) is 0. The molecule has 0 bridgehead atoms. The number of nitrogens with one attached hydrogen (secondary N) is 1. The van der Waals surface area contributed by atoms with E-state index in [0.717, 1.165) is 0 Å². The van der Waals surface area contributed by atoms with Crippen molar-refractivity contribution in [2.45, 2.75) is 50.2 Å². The minimum Gasteiger partial charge on any atom is -0.411 e. The monoisotopic (exact) mass is 525 g/mol. The zero-order valence-corrected chi connectivity index (χ0v) is 21.2. The topological polar surface area (TPSA) is 104 Å². The Labute approximate surface area is 219 Å². The summed E-state index contributed by atoms with van der Waals surface area (Å²) in [4.78, 5) is 24.6. The lowest BCUT2D eigenvalue weighted by Gasteiger charge is -2.26. The van der Waals surface area contributed by atoms with Crippen LogP contribution in [0.4, 0.5) is 4.39 Å². The van der Waals surface area contributed by atoms with Crippen molar-refractivity contribution in [1.29, 1.82) is 0 Å². The van der Waals surface area contributed by atoms with E-state index in [1.54, 1.807) is 37.5 Å². The van der Waals surface area contributed by atoms with Crippen LogP contribution in [0.25, 0.3) is 0 Å². The second-order valence-corrected chi connectivity index (χ2v) is 9.82. The number of oxime groups is 1. The van der Waals surface area contributed by atoms with Crippen LogP contribution >= 0.6 is 11.6 Å². The van der Waals surface area contributed by atoms with E-state index in [9.17, 15) is 19.9 Å². The van der Waals surface area contributed by atoms with Gasteiger partial charge in [0, 0.05) is 48.3 Å². The number of benzene rings is 2. The molecular weight excluding hydrogens is 497 g/mol. The van der Waals surface area contributed by atoms with Gasteiger partial charge in [0.05, 0.1) is 17.4 Å². The summed E-state index contributed by atoms with van der Waals surface area (Å²) in [6.07, 6.45) is 3.89. The summed E-state index contributed by atoms with van der Waals surface area (Å²) < 4.78 is 16.7. The first-order valence-corrected chi connectivity index (χ1v) is 12.6. The van der Waals surface area contributed by atoms with Crippen LogP contribution in [-0.4, -0.2) is 38.6 Å². The van der Waals surface area contributed by atoms with Crippen LogP contribution in [-0.2, 0) is 7.05 Å². The third-order valence-corrected chi connectivity index (χ3v) is 7.23. The van der Waals surface area contributed by atoms with Crippen molar-refractivity contribution in [2.75, 3.05) is 0 Å². The van der Waals surface area contributed by atoms with E-state index < -0.39 is 17.6 Å². The van der Waals surface area contributed by atoms with E-state index in [0.29, 0.717) is 53.1 Å². The average molecular weight is 526 g/mol. The van der Waals surface area contributed by atoms with Crippen LogP contribution in [0.1, 0.15) is 65.1 Å². The Morgan fingerprint density at radius 1 is 1.16 bits per heavy atom. The van der Waals surface area contributed by atoms with Crippen LogP contribution in [0.5, 0.6) is 0 Å². The van der Waals surface area contributed by atoms with E-state index in [-0.39, 0.29) is 29.7 Å². The van der Waals surface area contributed by atoms with Gasteiger partial charge in [0.25, 0.3) is 5.91 Å². The zero-order valence-electron chi connectivity index (χ0n) is 20.4. The van der Waals surface area contributed by atoms with Crippen molar-refractivity contribution in [2.24, 2.45) is 12.2 Å². The van der Waals surface area contributed by atoms with E-state index >= 15 is 4.39 Å². The molecule has 1 aliphatic rings. The summed E-state index contributed by atoms with van der Waals surface area (Å²) in [5.74, 6) is -1.67. The first-order chi connectivity index (χ1) is 17.8. The van der Waals surface area contributed by atoms with Gasteiger partial charge in [0.15, 0.2) is 0 Å². The van der Waals surface area contributed by atoms with Gasteiger partial charge in [0.1, 0.15) is 5.82 Å². The number of amides is 1. The molecule has 0 radical (unpaired) electrons. The maximum Gasteiger partial charge on any atom is 0.254 e. The molecule has 2 aromatic carbocycles. The predicted octanol–water partition coefficient (Wildman–Crippen LogP) is 4.61. The van der Waals surface area contributed by atoms with Gasteiger partial charge in [-0.25, -0.2) is 4.39 Å². The van der Waals surface area contributed by atoms with Crippen LogP contribution in [0, 0.1) is 5.82 Å². The molecule has 9 heteroatoms. The molecule has 0 saturated heterocycles. The average Bonchev–Trinajstić information content (AvgIpc) is 2.88. The first kappa shape index (κ1) is 26.6. The second-order valence-electron chi connectivity index (χ2n) is 9.41. The van der Waals surface area contributed by atoms with Gasteiger partial charge in [-0.15, -0.1) is 0 Å². The van der Waals surface area contributed by atoms with Gasteiger partial charge in [-0.05, 0) is 61.1 Å². The maximum absolute atomic E-state index is 15.3. The minimum atomic E-state index is -0.674. The molecule has 1 unspecified atom stereocenters. The molecule has 1 heterocycles. The number of hydrogen-bond donors (Lipinski definition) is 3. The van der Waals surface area contributed by atoms with Crippen molar-refractivity contribution in [3.63, 3.8) is 0 Å². The molecule has 194 valence electrons. The lowest BCUT2D eigenvalue weighted by molar-refractivity contribution is 0.0864. The van der Waals surface area contributed by atoms with Gasteiger partial charge in [0.2, 0.25) is 5.56 Å². The Hall–Kier alpha value is -3.49.